The first-order valence-electron chi connectivity index (χ1n) is 7.02. The minimum atomic E-state index is 0.632. The summed E-state index contributed by atoms with van der Waals surface area (Å²) in [6.45, 7) is 7.37. The summed E-state index contributed by atoms with van der Waals surface area (Å²) in [7, 11) is 0. The summed E-state index contributed by atoms with van der Waals surface area (Å²) in [5.74, 6) is 0.632. The molecule has 0 amide bonds. The summed E-state index contributed by atoms with van der Waals surface area (Å²) in [5.41, 5.74) is 3.02. The van der Waals surface area contributed by atoms with Crippen LogP contribution in [0.2, 0.25) is 0 Å². The normalized spacial score (nSPS) is 25.4. The largest absolute Gasteiger partial charge is 0.380 e. The van der Waals surface area contributed by atoms with Crippen LogP contribution in [0.5, 0.6) is 0 Å². The fourth-order valence-electron chi connectivity index (χ4n) is 3.04. The van der Waals surface area contributed by atoms with Gasteiger partial charge in [-0.25, -0.2) is 0 Å². The Hall–Kier alpha value is -0.900. The van der Waals surface area contributed by atoms with Crippen LogP contribution in [0.4, 0.5) is 0 Å². The van der Waals surface area contributed by atoms with E-state index in [-0.39, 0.29) is 0 Å². The summed E-state index contributed by atoms with van der Waals surface area (Å²) >= 11 is 0. The van der Waals surface area contributed by atoms with Gasteiger partial charge < -0.3 is 15.0 Å². The van der Waals surface area contributed by atoms with Gasteiger partial charge in [-0.15, -0.1) is 0 Å². The van der Waals surface area contributed by atoms with E-state index in [4.69, 9.17) is 4.74 Å². The summed E-state index contributed by atoms with van der Waals surface area (Å²) in [6.07, 6.45) is 1.17. The zero-order chi connectivity index (χ0) is 12.2. The zero-order valence-electron chi connectivity index (χ0n) is 10.9. The van der Waals surface area contributed by atoms with Crippen LogP contribution >= 0.6 is 0 Å². The molecule has 1 atom stereocenters. The van der Waals surface area contributed by atoms with Crippen molar-refractivity contribution in [3.63, 3.8) is 0 Å². The molecule has 2 heterocycles. The minimum absolute atomic E-state index is 0.632. The molecule has 0 aliphatic carbocycles. The SMILES string of the molecule is c1ccc2c(c1)CNCC2CN1CCCOCC1. The number of hydrogen-bond acceptors (Lipinski definition) is 3. The standard InChI is InChI=1S/C15H22N2O/c1-2-5-15-13(4-1)10-16-11-14(15)12-17-6-3-8-18-9-7-17/h1-2,4-5,14,16H,3,6-12H2. The Balaban J connectivity index is 1.69. The number of rotatable bonds is 2. The summed E-state index contributed by atoms with van der Waals surface area (Å²) in [6, 6.07) is 8.86. The lowest BCUT2D eigenvalue weighted by Gasteiger charge is -2.31. The number of ether oxygens (including phenoxy) is 1. The first kappa shape index (κ1) is 12.2. The van der Waals surface area contributed by atoms with Crippen LogP contribution in [-0.4, -0.2) is 44.3 Å². The van der Waals surface area contributed by atoms with Crippen molar-refractivity contribution in [3.8, 4) is 0 Å². The van der Waals surface area contributed by atoms with Crippen LogP contribution in [0.25, 0.3) is 0 Å². The highest BCUT2D eigenvalue weighted by Gasteiger charge is 2.22. The van der Waals surface area contributed by atoms with E-state index in [1.807, 2.05) is 0 Å². The highest BCUT2D eigenvalue weighted by Crippen LogP contribution is 2.24. The third-order valence-corrected chi connectivity index (χ3v) is 3.99. The molecule has 98 valence electrons. The van der Waals surface area contributed by atoms with Gasteiger partial charge in [0, 0.05) is 45.2 Å². The minimum Gasteiger partial charge on any atom is -0.380 e. The van der Waals surface area contributed by atoms with Crippen molar-refractivity contribution in [1.82, 2.24) is 10.2 Å². The van der Waals surface area contributed by atoms with Gasteiger partial charge in [-0.3, -0.25) is 0 Å². The van der Waals surface area contributed by atoms with Crippen molar-refractivity contribution < 1.29 is 4.74 Å². The molecule has 0 bridgehead atoms. The van der Waals surface area contributed by atoms with Gasteiger partial charge in [0.25, 0.3) is 0 Å². The van der Waals surface area contributed by atoms with Crippen molar-refractivity contribution in [3.05, 3.63) is 35.4 Å². The van der Waals surface area contributed by atoms with Crippen LogP contribution in [-0.2, 0) is 11.3 Å². The zero-order valence-corrected chi connectivity index (χ0v) is 10.9. The van der Waals surface area contributed by atoms with Crippen molar-refractivity contribution in [2.24, 2.45) is 0 Å². The van der Waals surface area contributed by atoms with E-state index in [0.717, 1.165) is 39.4 Å². The van der Waals surface area contributed by atoms with Gasteiger partial charge in [-0.1, -0.05) is 24.3 Å². The monoisotopic (exact) mass is 246 g/mol. The predicted molar refractivity (Wildman–Crippen MR) is 72.8 cm³/mol. The first-order valence-corrected chi connectivity index (χ1v) is 7.02. The van der Waals surface area contributed by atoms with E-state index < -0.39 is 0 Å². The predicted octanol–water partition coefficient (Wildman–Crippen LogP) is 1.60. The van der Waals surface area contributed by atoms with Crippen molar-refractivity contribution >= 4 is 0 Å². The topological polar surface area (TPSA) is 24.5 Å². The van der Waals surface area contributed by atoms with Crippen LogP contribution in [0, 0.1) is 0 Å². The lowest BCUT2D eigenvalue weighted by molar-refractivity contribution is 0.140. The fraction of sp³-hybridized carbons (Fsp3) is 0.600. The van der Waals surface area contributed by atoms with Crippen molar-refractivity contribution in [2.45, 2.75) is 18.9 Å². The molecule has 0 radical (unpaired) electrons. The Kier molecular flexibility index (Phi) is 3.93. The fourth-order valence-corrected chi connectivity index (χ4v) is 3.04. The number of benzene rings is 1. The summed E-state index contributed by atoms with van der Waals surface area (Å²) in [5, 5.41) is 3.54. The van der Waals surface area contributed by atoms with Gasteiger partial charge in [0.2, 0.25) is 0 Å². The van der Waals surface area contributed by atoms with Gasteiger partial charge in [0.1, 0.15) is 0 Å². The maximum atomic E-state index is 5.53. The molecule has 1 aromatic rings. The van der Waals surface area contributed by atoms with E-state index >= 15 is 0 Å². The Labute approximate surface area is 109 Å². The van der Waals surface area contributed by atoms with Crippen molar-refractivity contribution in [1.29, 1.82) is 0 Å². The van der Waals surface area contributed by atoms with E-state index in [1.54, 1.807) is 5.56 Å². The third-order valence-electron chi connectivity index (χ3n) is 3.99. The quantitative estimate of drug-likeness (QED) is 0.858. The van der Waals surface area contributed by atoms with Crippen LogP contribution < -0.4 is 5.32 Å². The van der Waals surface area contributed by atoms with E-state index in [9.17, 15) is 0 Å². The smallest absolute Gasteiger partial charge is 0.0593 e. The second-order valence-corrected chi connectivity index (χ2v) is 5.29. The second-order valence-electron chi connectivity index (χ2n) is 5.29. The first-order chi connectivity index (χ1) is 8.93. The molecule has 2 aliphatic heterocycles. The highest BCUT2D eigenvalue weighted by molar-refractivity contribution is 5.32. The van der Waals surface area contributed by atoms with Gasteiger partial charge in [-0.05, 0) is 17.5 Å². The Morgan fingerprint density at radius 3 is 3.17 bits per heavy atom. The summed E-state index contributed by atoms with van der Waals surface area (Å²) < 4.78 is 5.53. The highest BCUT2D eigenvalue weighted by atomic mass is 16.5. The van der Waals surface area contributed by atoms with E-state index in [0.29, 0.717) is 5.92 Å². The number of nitrogens with one attached hydrogen (secondary N) is 1. The molecular formula is C15H22N2O. The maximum Gasteiger partial charge on any atom is 0.0593 e. The third kappa shape index (κ3) is 2.74. The molecule has 18 heavy (non-hydrogen) atoms. The average Bonchev–Trinajstić information content (AvgIpc) is 2.68. The summed E-state index contributed by atoms with van der Waals surface area (Å²) in [4.78, 5) is 2.56. The molecule has 1 aromatic carbocycles. The number of nitrogens with zero attached hydrogens (tertiary/aromatic N) is 1. The van der Waals surface area contributed by atoms with E-state index in [1.165, 1.54) is 18.5 Å². The Morgan fingerprint density at radius 1 is 1.22 bits per heavy atom. The second kappa shape index (κ2) is 5.83. The van der Waals surface area contributed by atoms with Gasteiger partial charge in [-0.2, -0.15) is 0 Å². The molecule has 2 aliphatic rings. The molecule has 0 saturated carbocycles. The molecule has 1 fully saturated rings. The molecule has 3 heteroatoms. The van der Waals surface area contributed by atoms with Crippen LogP contribution in [0.15, 0.2) is 24.3 Å². The van der Waals surface area contributed by atoms with Gasteiger partial charge >= 0.3 is 0 Å². The number of fused-ring (bicyclic) bond motifs is 1. The van der Waals surface area contributed by atoms with Crippen LogP contribution in [0.3, 0.4) is 0 Å². The maximum absolute atomic E-state index is 5.53. The van der Waals surface area contributed by atoms with E-state index in [2.05, 4.69) is 34.5 Å². The van der Waals surface area contributed by atoms with Gasteiger partial charge in [0.05, 0.1) is 6.61 Å². The molecular weight excluding hydrogens is 224 g/mol. The molecule has 0 aromatic heterocycles. The lowest BCUT2D eigenvalue weighted by atomic mass is 9.90. The van der Waals surface area contributed by atoms with Crippen LogP contribution in [0.1, 0.15) is 23.5 Å². The molecule has 0 spiro atoms. The Morgan fingerprint density at radius 2 is 2.17 bits per heavy atom. The average molecular weight is 246 g/mol. The molecule has 1 N–H and O–H groups in total. The Bertz CT molecular complexity index is 386. The van der Waals surface area contributed by atoms with Crippen molar-refractivity contribution in [2.75, 3.05) is 39.4 Å². The molecule has 3 nitrogen and oxygen atoms in total. The van der Waals surface area contributed by atoms with Gasteiger partial charge in [0.15, 0.2) is 0 Å². The lowest BCUT2D eigenvalue weighted by Crippen LogP contribution is -2.37. The molecule has 1 unspecified atom stereocenters. The molecule has 3 rings (SSSR count). The molecule has 1 saturated heterocycles. The number of hydrogen-bond donors (Lipinski definition) is 1.